The lowest BCUT2D eigenvalue weighted by Gasteiger charge is -2.10. The third kappa shape index (κ3) is 4.52. The summed E-state index contributed by atoms with van der Waals surface area (Å²) in [4.78, 5) is 12.2. The molecule has 0 bridgehead atoms. The molecule has 0 aliphatic carbocycles. The Balaban J connectivity index is 1.71. The Hall–Kier alpha value is -3.26. The molecule has 3 aromatic carbocycles. The summed E-state index contributed by atoms with van der Waals surface area (Å²) in [5.41, 5.74) is 1.29. The topological polar surface area (TPSA) is 75.3 Å². The number of anilines is 2. The number of halogens is 2. The molecule has 0 aliphatic rings. The van der Waals surface area contributed by atoms with Crippen LogP contribution in [0.3, 0.4) is 0 Å². The quantitative estimate of drug-likeness (QED) is 0.667. The molecule has 0 unspecified atom stereocenters. The standard InChI is InChI=1S/C20H16F2N2O3S/c1-13-2-7-17(12-19(13)22)23-20(25)14-3-8-16(9-4-14)24-28(26,27)18-10-5-15(21)6-11-18/h2-12,24H,1H3,(H,23,25). The molecule has 1 amide bonds. The summed E-state index contributed by atoms with van der Waals surface area (Å²) in [6, 6.07) is 14.5. The lowest BCUT2D eigenvalue weighted by molar-refractivity contribution is 0.102. The second-order valence-corrected chi connectivity index (χ2v) is 7.74. The van der Waals surface area contributed by atoms with E-state index < -0.39 is 27.6 Å². The van der Waals surface area contributed by atoms with Crippen LogP contribution in [0, 0.1) is 18.6 Å². The smallest absolute Gasteiger partial charge is 0.261 e. The molecule has 144 valence electrons. The zero-order valence-electron chi connectivity index (χ0n) is 14.7. The van der Waals surface area contributed by atoms with Gasteiger partial charge < -0.3 is 5.32 Å². The number of hydrogen-bond acceptors (Lipinski definition) is 3. The SMILES string of the molecule is Cc1ccc(NC(=O)c2ccc(NS(=O)(=O)c3ccc(F)cc3)cc2)cc1F. The molecule has 3 rings (SSSR count). The van der Waals surface area contributed by atoms with Gasteiger partial charge in [-0.15, -0.1) is 0 Å². The molecule has 3 aromatic rings. The lowest BCUT2D eigenvalue weighted by atomic mass is 10.1. The Labute approximate surface area is 161 Å². The highest BCUT2D eigenvalue weighted by Gasteiger charge is 2.15. The van der Waals surface area contributed by atoms with Crippen molar-refractivity contribution >= 4 is 27.3 Å². The number of benzene rings is 3. The first-order chi connectivity index (χ1) is 13.2. The largest absolute Gasteiger partial charge is 0.322 e. The molecule has 0 aromatic heterocycles. The zero-order chi connectivity index (χ0) is 20.3. The van der Waals surface area contributed by atoms with Gasteiger partial charge in [-0.3, -0.25) is 9.52 Å². The third-order valence-electron chi connectivity index (χ3n) is 3.95. The van der Waals surface area contributed by atoms with Crippen LogP contribution in [0.5, 0.6) is 0 Å². The van der Waals surface area contributed by atoms with Gasteiger partial charge in [-0.05, 0) is 73.2 Å². The molecule has 0 spiro atoms. The van der Waals surface area contributed by atoms with Crippen LogP contribution in [0.2, 0.25) is 0 Å². The molecule has 0 fully saturated rings. The van der Waals surface area contributed by atoms with Crippen molar-refractivity contribution in [2.75, 3.05) is 10.0 Å². The number of amides is 1. The number of nitrogens with one attached hydrogen (secondary N) is 2. The fourth-order valence-corrected chi connectivity index (χ4v) is 3.45. The molecule has 2 N–H and O–H groups in total. The van der Waals surface area contributed by atoms with E-state index >= 15 is 0 Å². The monoisotopic (exact) mass is 402 g/mol. The highest BCUT2D eigenvalue weighted by molar-refractivity contribution is 7.92. The van der Waals surface area contributed by atoms with Crippen LogP contribution in [0.15, 0.2) is 71.6 Å². The summed E-state index contributed by atoms with van der Waals surface area (Å²) in [7, 11) is -3.88. The second-order valence-electron chi connectivity index (χ2n) is 6.05. The number of carbonyl (C=O) groups excluding carboxylic acids is 1. The Bertz CT molecular complexity index is 1110. The summed E-state index contributed by atoms with van der Waals surface area (Å²) in [6.45, 7) is 1.62. The maximum absolute atomic E-state index is 13.6. The molecular weight excluding hydrogens is 386 g/mol. The number of rotatable bonds is 5. The van der Waals surface area contributed by atoms with Crippen LogP contribution in [0.1, 0.15) is 15.9 Å². The summed E-state index contributed by atoms with van der Waals surface area (Å²) in [5.74, 6) is -1.43. The molecule has 0 atom stereocenters. The molecule has 8 heteroatoms. The van der Waals surface area contributed by atoms with Gasteiger partial charge >= 0.3 is 0 Å². The highest BCUT2D eigenvalue weighted by Crippen LogP contribution is 2.19. The Kier molecular flexibility index (Phi) is 5.41. The Morgan fingerprint density at radius 3 is 2.07 bits per heavy atom. The number of carbonyl (C=O) groups is 1. The first-order valence-corrected chi connectivity index (χ1v) is 9.69. The van der Waals surface area contributed by atoms with Crippen molar-refractivity contribution in [3.8, 4) is 0 Å². The number of hydrogen-bond donors (Lipinski definition) is 2. The van der Waals surface area contributed by atoms with Crippen LogP contribution < -0.4 is 10.0 Å². The fourth-order valence-electron chi connectivity index (χ4n) is 2.39. The van der Waals surface area contributed by atoms with Gasteiger partial charge in [0.15, 0.2) is 0 Å². The van der Waals surface area contributed by atoms with Gasteiger partial charge in [0, 0.05) is 16.9 Å². The summed E-state index contributed by atoms with van der Waals surface area (Å²) in [6.07, 6.45) is 0. The Morgan fingerprint density at radius 1 is 0.857 bits per heavy atom. The summed E-state index contributed by atoms with van der Waals surface area (Å²) < 4.78 is 53.4. The van der Waals surface area contributed by atoms with Gasteiger partial charge in [0.1, 0.15) is 11.6 Å². The van der Waals surface area contributed by atoms with Gasteiger partial charge in [-0.2, -0.15) is 0 Å². The van der Waals surface area contributed by atoms with Gasteiger partial charge in [0.25, 0.3) is 15.9 Å². The van der Waals surface area contributed by atoms with Gasteiger partial charge in [-0.25, -0.2) is 17.2 Å². The van der Waals surface area contributed by atoms with E-state index in [1.807, 2.05) is 0 Å². The average molecular weight is 402 g/mol. The molecule has 0 aliphatic heterocycles. The van der Waals surface area contributed by atoms with E-state index in [0.29, 0.717) is 11.3 Å². The molecule has 0 heterocycles. The molecule has 28 heavy (non-hydrogen) atoms. The third-order valence-corrected chi connectivity index (χ3v) is 5.35. The van der Waals surface area contributed by atoms with Crippen LogP contribution in [0.4, 0.5) is 20.2 Å². The molecule has 0 saturated heterocycles. The van der Waals surface area contributed by atoms with Crippen LogP contribution >= 0.6 is 0 Å². The van der Waals surface area contributed by atoms with E-state index in [9.17, 15) is 22.0 Å². The van der Waals surface area contributed by atoms with Crippen molar-refractivity contribution in [1.82, 2.24) is 0 Å². The number of sulfonamides is 1. The van der Waals surface area contributed by atoms with Crippen molar-refractivity contribution in [1.29, 1.82) is 0 Å². The van der Waals surface area contributed by atoms with Gasteiger partial charge in [-0.1, -0.05) is 6.07 Å². The minimum atomic E-state index is -3.88. The normalized spacial score (nSPS) is 11.1. The lowest BCUT2D eigenvalue weighted by Crippen LogP contribution is -2.14. The zero-order valence-corrected chi connectivity index (χ0v) is 15.6. The molecular formula is C20H16F2N2O3S. The van der Waals surface area contributed by atoms with E-state index in [4.69, 9.17) is 0 Å². The molecule has 0 radical (unpaired) electrons. The van der Waals surface area contributed by atoms with Crippen molar-refractivity contribution in [2.24, 2.45) is 0 Å². The fraction of sp³-hybridized carbons (Fsp3) is 0.0500. The van der Waals surface area contributed by atoms with E-state index in [1.165, 1.54) is 30.3 Å². The van der Waals surface area contributed by atoms with E-state index in [-0.39, 0.29) is 16.1 Å². The van der Waals surface area contributed by atoms with Crippen molar-refractivity contribution in [3.63, 3.8) is 0 Å². The first kappa shape index (κ1) is 19.5. The Morgan fingerprint density at radius 2 is 1.46 bits per heavy atom. The second kappa shape index (κ2) is 7.77. The van der Waals surface area contributed by atoms with Crippen LogP contribution in [-0.4, -0.2) is 14.3 Å². The minimum absolute atomic E-state index is 0.0860. The minimum Gasteiger partial charge on any atom is -0.322 e. The maximum atomic E-state index is 13.6. The van der Waals surface area contributed by atoms with Crippen molar-refractivity contribution < 1.29 is 22.0 Å². The van der Waals surface area contributed by atoms with Gasteiger partial charge in [0.2, 0.25) is 0 Å². The predicted molar refractivity (Wildman–Crippen MR) is 103 cm³/mol. The molecule has 0 saturated carbocycles. The van der Waals surface area contributed by atoms with Crippen molar-refractivity contribution in [3.05, 3.63) is 89.5 Å². The van der Waals surface area contributed by atoms with E-state index in [1.54, 1.807) is 19.1 Å². The van der Waals surface area contributed by atoms with E-state index in [2.05, 4.69) is 10.0 Å². The summed E-state index contributed by atoms with van der Waals surface area (Å²) >= 11 is 0. The average Bonchev–Trinajstić information content (AvgIpc) is 2.65. The maximum Gasteiger partial charge on any atom is 0.261 e. The predicted octanol–water partition coefficient (Wildman–Crippen LogP) is 4.33. The van der Waals surface area contributed by atoms with Gasteiger partial charge in [0.05, 0.1) is 4.90 Å². The van der Waals surface area contributed by atoms with Crippen molar-refractivity contribution in [2.45, 2.75) is 11.8 Å². The first-order valence-electron chi connectivity index (χ1n) is 8.20. The van der Waals surface area contributed by atoms with E-state index in [0.717, 1.165) is 24.3 Å². The molecule has 5 nitrogen and oxygen atoms in total. The summed E-state index contributed by atoms with van der Waals surface area (Å²) in [5, 5.41) is 2.57. The number of aryl methyl sites for hydroxylation is 1. The van der Waals surface area contributed by atoms with Crippen LogP contribution in [-0.2, 0) is 10.0 Å². The van der Waals surface area contributed by atoms with Crippen LogP contribution in [0.25, 0.3) is 0 Å². The highest BCUT2D eigenvalue weighted by atomic mass is 32.2.